The third-order valence-corrected chi connectivity index (χ3v) is 4.48. The number of piperidine rings is 1. The normalized spacial score (nSPS) is 19.6. The number of nitrogens with zero attached hydrogens (tertiary/aromatic N) is 1. The second-order valence-corrected chi connectivity index (χ2v) is 6.29. The van der Waals surface area contributed by atoms with Crippen LogP contribution < -0.4 is 5.32 Å². The van der Waals surface area contributed by atoms with Crippen molar-refractivity contribution in [3.05, 3.63) is 29.0 Å². The fraction of sp³-hybridized carbons (Fsp3) is 0.529. The van der Waals surface area contributed by atoms with Gasteiger partial charge >= 0.3 is 5.97 Å². The minimum atomic E-state index is -0.531. The predicted octanol–water partition coefficient (Wildman–Crippen LogP) is 3.08. The van der Waals surface area contributed by atoms with Gasteiger partial charge in [-0.2, -0.15) is 0 Å². The van der Waals surface area contributed by atoms with Gasteiger partial charge in [0.2, 0.25) is 5.91 Å². The first-order valence-electron chi connectivity index (χ1n) is 8.09. The number of amides is 1. The first-order chi connectivity index (χ1) is 11.4. The van der Waals surface area contributed by atoms with Crippen molar-refractivity contribution in [3.63, 3.8) is 0 Å². The number of likely N-dealkylation sites (tertiary alicyclic amines) is 1. The molecular formula is C17H22ClFN2O3. The Morgan fingerprint density at radius 3 is 2.92 bits per heavy atom. The summed E-state index contributed by atoms with van der Waals surface area (Å²) in [7, 11) is 0. The highest BCUT2D eigenvalue weighted by molar-refractivity contribution is 6.31. The topological polar surface area (TPSA) is 58.6 Å². The summed E-state index contributed by atoms with van der Waals surface area (Å²) in [6.45, 7) is 5.17. The molecule has 24 heavy (non-hydrogen) atoms. The van der Waals surface area contributed by atoms with E-state index in [9.17, 15) is 14.0 Å². The lowest BCUT2D eigenvalue weighted by atomic mass is 9.97. The molecule has 1 heterocycles. The average Bonchev–Trinajstić information content (AvgIpc) is 2.57. The molecule has 1 aliphatic rings. The lowest BCUT2D eigenvalue weighted by Gasteiger charge is -2.35. The van der Waals surface area contributed by atoms with E-state index in [0.717, 1.165) is 19.4 Å². The molecule has 7 heteroatoms. The zero-order valence-electron chi connectivity index (χ0n) is 13.9. The number of esters is 1. The van der Waals surface area contributed by atoms with Crippen LogP contribution in [0.15, 0.2) is 18.2 Å². The van der Waals surface area contributed by atoms with Gasteiger partial charge in [0.15, 0.2) is 0 Å². The summed E-state index contributed by atoms with van der Waals surface area (Å²) in [6.07, 6.45) is 1.61. The van der Waals surface area contributed by atoms with Crippen LogP contribution in [0.5, 0.6) is 0 Å². The van der Waals surface area contributed by atoms with Crippen LogP contribution in [0.3, 0.4) is 0 Å². The predicted molar refractivity (Wildman–Crippen MR) is 90.4 cm³/mol. The van der Waals surface area contributed by atoms with E-state index in [4.69, 9.17) is 16.3 Å². The summed E-state index contributed by atoms with van der Waals surface area (Å²) in [5.74, 6) is -1.16. The molecule has 1 saturated heterocycles. The molecule has 0 aromatic heterocycles. The maximum atomic E-state index is 13.2. The van der Waals surface area contributed by atoms with E-state index in [2.05, 4.69) is 5.32 Å². The number of anilines is 1. The van der Waals surface area contributed by atoms with E-state index in [1.165, 1.54) is 18.2 Å². The second-order valence-electron chi connectivity index (χ2n) is 5.88. The van der Waals surface area contributed by atoms with Crippen molar-refractivity contribution in [1.29, 1.82) is 0 Å². The highest BCUT2D eigenvalue weighted by Gasteiger charge is 2.31. The molecular weight excluding hydrogens is 335 g/mol. The van der Waals surface area contributed by atoms with Crippen LogP contribution >= 0.6 is 11.6 Å². The highest BCUT2D eigenvalue weighted by atomic mass is 35.5. The van der Waals surface area contributed by atoms with Crippen LogP contribution in [0.1, 0.15) is 26.7 Å². The lowest BCUT2D eigenvalue weighted by molar-refractivity contribution is -0.150. The Kier molecular flexibility index (Phi) is 6.57. The summed E-state index contributed by atoms with van der Waals surface area (Å²) in [6, 6.07) is 3.63. The molecule has 1 aromatic carbocycles. The fourth-order valence-corrected chi connectivity index (χ4v) is 2.98. The molecule has 5 nitrogen and oxygen atoms in total. The second kappa shape index (κ2) is 8.44. The molecule has 2 rings (SSSR count). The van der Waals surface area contributed by atoms with Gasteiger partial charge in [0.05, 0.1) is 23.6 Å². The molecule has 132 valence electrons. The van der Waals surface area contributed by atoms with Gasteiger partial charge in [0.1, 0.15) is 5.82 Å². The monoisotopic (exact) mass is 356 g/mol. The summed E-state index contributed by atoms with van der Waals surface area (Å²) >= 11 is 5.72. The Balaban J connectivity index is 1.96. The van der Waals surface area contributed by atoms with E-state index in [1.807, 2.05) is 4.90 Å². The van der Waals surface area contributed by atoms with Gasteiger partial charge in [0.25, 0.3) is 0 Å². The Hall–Kier alpha value is -1.66. The van der Waals surface area contributed by atoms with E-state index < -0.39 is 11.9 Å². The van der Waals surface area contributed by atoms with Gasteiger partial charge in [-0.05, 0) is 51.4 Å². The molecule has 0 bridgehead atoms. The maximum absolute atomic E-state index is 13.2. The van der Waals surface area contributed by atoms with Crippen LogP contribution in [0.25, 0.3) is 0 Å². The van der Waals surface area contributed by atoms with Crippen molar-refractivity contribution >= 4 is 29.2 Å². The summed E-state index contributed by atoms with van der Waals surface area (Å²) in [5.41, 5.74) is 0.442. The average molecular weight is 357 g/mol. The number of carbonyl (C=O) groups is 2. The SMILES string of the molecule is CCOC(=O)C1CCCN(C(C)C(=O)Nc2ccc(F)c(Cl)c2)C1. The van der Waals surface area contributed by atoms with Gasteiger partial charge in [0, 0.05) is 12.2 Å². The first kappa shape index (κ1) is 18.7. The summed E-state index contributed by atoms with van der Waals surface area (Å²) in [5, 5.41) is 2.69. The van der Waals surface area contributed by atoms with Crippen LogP contribution in [0.4, 0.5) is 10.1 Å². The van der Waals surface area contributed by atoms with Crippen molar-refractivity contribution in [1.82, 2.24) is 4.90 Å². The van der Waals surface area contributed by atoms with Crippen molar-refractivity contribution in [3.8, 4) is 0 Å². The fourth-order valence-electron chi connectivity index (χ4n) is 2.80. The Labute approximate surface area is 146 Å². The molecule has 2 unspecified atom stereocenters. The molecule has 1 aromatic rings. The standard InChI is InChI=1S/C17H22ClFN2O3/c1-3-24-17(23)12-5-4-8-21(10-12)11(2)16(22)20-13-6-7-15(19)14(18)9-13/h6-7,9,11-12H,3-5,8,10H2,1-2H3,(H,20,22). The van der Waals surface area contributed by atoms with Crippen molar-refractivity contribution in [2.45, 2.75) is 32.7 Å². The molecule has 0 radical (unpaired) electrons. The Bertz CT molecular complexity index is 611. The van der Waals surface area contributed by atoms with Gasteiger partial charge in [-0.25, -0.2) is 4.39 Å². The van der Waals surface area contributed by atoms with Gasteiger partial charge in [-0.3, -0.25) is 14.5 Å². The minimum Gasteiger partial charge on any atom is -0.466 e. The summed E-state index contributed by atoms with van der Waals surface area (Å²) < 4.78 is 18.2. The number of hydrogen-bond donors (Lipinski definition) is 1. The van der Waals surface area contributed by atoms with Gasteiger partial charge < -0.3 is 10.1 Å². The quantitative estimate of drug-likeness (QED) is 0.824. The number of rotatable bonds is 5. The zero-order valence-corrected chi connectivity index (χ0v) is 14.6. The van der Waals surface area contributed by atoms with Crippen molar-refractivity contribution < 1.29 is 18.7 Å². The molecule has 2 atom stereocenters. The molecule has 1 aliphatic heterocycles. The first-order valence-corrected chi connectivity index (χ1v) is 8.46. The van der Waals surface area contributed by atoms with E-state index in [0.29, 0.717) is 18.8 Å². The van der Waals surface area contributed by atoms with Crippen LogP contribution in [-0.4, -0.2) is 42.5 Å². The summed E-state index contributed by atoms with van der Waals surface area (Å²) in [4.78, 5) is 26.3. The molecule has 0 saturated carbocycles. The number of nitrogens with one attached hydrogen (secondary N) is 1. The van der Waals surface area contributed by atoms with Crippen molar-refractivity contribution in [2.24, 2.45) is 5.92 Å². The van der Waals surface area contributed by atoms with E-state index in [1.54, 1.807) is 13.8 Å². The molecule has 1 fully saturated rings. The largest absolute Gasteiger partial charge is 0.466 e. The van der Waals surface area contributed by atoms with Crippen LogP contribution in [-0.2, 0) is 14.3 Å². The van der Waals surface area contributed by atoms with E-state index >= 15 is 0 Å². The number of ether oxygens (including phenoxy) is 1. The lowest BCUT2D eigenvalue weighted by Crippen LogP contribution is -2.48. The molecule has 1 N–H and O–H groups in total. The third kappa shape index (κ3) is 4.68. The highest BCUT2D eigenvalue weighted by Crippen LogP contribution is 2.22. The zero-order chi connectivity index (χ0) is 17.7. The Morgan fingerprint density at radius 2 is 2.25 bits per heavy atom. The third-order valence-electron chi connectivity index (χ3n) is 4.19. The van der Waals surface area contributed by atoms with Gasteiger partial charge in [-0.15, -0.1) is 0 Å². The maximum Gasteiger partial charge on any atom is 0.310 e. The molecule has 0 aliphatic carbocycles. The number of benzene rings is 1. The molecule has 1 amide bonds. The van der Waals surface area contributed by atoms with Crippen molar-refractivity contribution in [2.75, 3.05) is 25.0 Å². The number of hydrogen-bond acceptors (Lipinski definition) is 4. The number of carbonyl (C=O) groups excluding carboxylic acids is 2. The van der Waals surface area contributed by atoms with E-state index in [-0.39, 0.29) is 22.8 Å². The number of halogens is 2. The molecule has 0 spiro atoms. The Morgan fingerprint density at radius 1 is 1.50 bits per heavy atom. The minimum absolute atomic E-state index is 0.0409. The smallest absolute Gasteiger partial charge is 0.310 e. The van der Waals surface area contributed by atoms with Crippen LogP contribution in [0, 0.1) is 11.7 Å². The van der Waals surface area contributed by atoms with Gasteiger partial charge in [-0.1, -0.05) is 11.6 Å². The van der Waals surface area contributed by atoms with Crippen LogP contribution in [0.2, 0.25) is 5.02 Å².